The average molecular weight is 539 g/mol. The van der Waals surface area contributed by atoms with Crippen LogP contribution in [-0.2, 0) is 4.79 Å². The highest BCUT2D eigenvalue weighted by Crippen LogP contribution is 2.43. The lowest BCUT2D eigenvalue weighted by Crippen LogP contribution is -2.48. The van der Waals surface area contributed by atoms with E-state index in [0.717, 1.165) is 25.8 Å². The Hall–Kier alpha value is -3.50. The first-order valence-electron chi connectivity index (χ1n) is 12.7. The van der Waals surface area contributed by atoms with Crippen molar-refractivity contribution in [3.05, 3.63) is 47.8 Å². The SMILES string of the molecule is C=CC(=O)N1CCN(c2nc(OC[C@@H]3CCCN3C)nc3nc(-c4c(O)cccc4F)c(Cl)cc23)C2CC21. The van der Waals surface area contributed by atoms with Crippen LogP contribution in [0.1, 0.15) is 19.3 Å². The molecule has 1 aromatic carbocycles. The van der Waals surface area contributed by atoms with E-state index in [0.29, 0.717) is 30.9 Å². The molecule has 198 valence electrons. The van der Waals surface area contributed by atoms with E-state index >= 15 is 0 Å². The normalized spacial score (nSPS) is 23.0. The smallest absolute Gasteiger partial charge is 0.320 e. The fourth-order valence-electron chi connectivity index (χ4n) is 5.60. The number of hydrogen-bond acceptors (Lipinski definition) is 8. The number of nitrogens with zero attached hydrogens (tertiary/aromatic N) is 6. The second kappa shape index (κ2) is 9.67. The molecule has 1 N–H and O–H groups in total. The van der Waals surface area contributed by atoms with Gasteiger partial charge in [-0.3, -0.25) is 4.79 Å². The van der Waals surface area contributed by atoms with Gasteiger partial charge in [0.15, 0.2) is 5.65 Å². The molecule has 2 saturated heterocycles. The van der Waals surface area contributed by atoms with E-state index in [1.54, 1.807) is 6.07 Å². The summed E-state index contributed by atoms with van der Waals surface area (Å²) in [7, 11) is 2.07. The first-order valence-corrected chi connectivity index (χ1v) is 13.1. The number of carbonyl (C=O) groups is 1. The van der Waals surface area contributed by atoms with Crippen LogP contribution < -0.4 is 9.64 Å². The standard InChI is InChI=1S/C27H28ClFN6O3/c1-3-22(37)34-10-11-35(20-13-19(20)34)26-16-12-17(28)24(23-18(29)7-4-8-21(23)36)30-25(16)31-27(32-26)38-14-15-6-5-9-33(15)2/h3-4,7-8,12,15,19-20,36H,1,5-6,9-11,13-14H2,2H3/t15-,19?,20?/m0/s1. The molecule has 3 fully saturated rings. The number of anilines is 1. The molecule has 2 aromatic heterocycles. The van der Waals surface area contributed by atoms with Crippen molar-refractivity contribution in [1.29, 1.82) is 0 Å². The Morgan fingerprint density at radius 1 is 1.26 bits per heavy atom. The number of piperazine rings is 1. The van der Waals surface area contributed by atoms with Crippen LogP contribution in [0.5, 0.6) is 11.8 Å². The Morgan fingerprint density at radius 3 is 2.84 bits per heavy atom. The van der Waals surface area contributed by atoms with Gasteiger partial charge in [0, 0.05) is 19.1 Å². The molecule has 1 aliphatic carbocycles. The predicted molar refractivity (Wildman–Crippen MR) is 142 cm³/mol. The molecule has 2 unspecified atom stereocenters. The van der Waals surface area contributed by atoms with Crippen molar-refractivity contribution in [3.63, 3.8) is 0 Å². The number of likely N-dealkylation sites (N-methyl/N-ethyl adjacent to an activating group) is 1. The quantitative estimate of drug-likeness (QED) is 0.475. The van der Waals surface area contributed by atoms with Gasteiger partial charge in [0.05, 0.1) is 33.7 Å². The number of aromatic hydroxyl groups is 1. The maximum atomic E-state index is 14.7. The van der Waals surface area contributed by atoms with Crippen LogP contribution in [0, 0.1) is 5.82 Å². The van der Waals surface area contributed by atoms with Crippen molar-refractivity contribution in [2.75, 3.05) is 38.2 Å². The minimum absolute atomic E-state index is 0.0755. The molecule has 0 bridgehead atoms. The van der Waals surface area contributed by atoms with Gasteiger partial charge >= 0.3 is 6.01 Å². The molecule has 11 heteroatoms. The Kier molecular flexibility index (Phi) is 6.31. The van der Waals surface area contributed by atoms with E-state index in [-0.39, 0.29) is 57.7 Å². The van der Waals surface area contributed by atoms with Crippen LogP contribution in [0.2, 0.25) is 5.02 Å². The van der Waals surface area contributed by atoms with Crippen LogP contribution >= 0.6 is 11.6 Å². The fraction of sp³-hybridized carbons (Fsp3) is 0.407. The van der Waals surface area contributed by atoms with Crippen LogP contribution in [-0.4, -0.2) is 87.2 Å². The summed E-state index contributed by atoms with van der Waals surface area (Å²) in [6.45, 7) is 6.16. The van der Waals surface area contributed by atoms with Crippen molar-refractivity contribution in [2.45, 2.75) is 37.4 Å². The second-order valence-corrected chi connectivity index (χ2v) is 10.4. The number of ether oxygens (including phenoxy) is 1. The Balaban J connectivity index is 1.42. The zero-order chi connectivity index (χ0) is 26.6. The minimum atomic E-state index is -0.641. The number of carbonyl (C=O) groups excluding carboxylic acids is 1. The molecule has 1 saturated carbocycles. The number of amides is 1. The van der Waals surface area contributed by atoms with Crippen LogP contribution in [0.15, 0.2) is 36.9 Å². The van der Waals surface area contributed by atoms with Crippen molar-refractivity contribution in [1.82, 2.24) is 24.8 Å². The molecule has 38 heavy (non-hydrogen) atoms. The average Bonchev–Trinajstić information content (AvgIpc) is 3.60. The van der Waals surface area contributed by atoms with Crippen LogP contribution in [0.4, 0.5) is 10.2 Å². The third-order valence-corrected chi connectivity index (χ3v) is 8.03. The van der Waals surface area contributed by atoms with Gasteiger partial charge in [0.1, 0.15) is 24.0 Å². The highest BCUT2D eigenvalue weighted by atomic mass is 35.5. The summed E-state index contributed by atoms with van der Waals surface area (Å²) in [5.41, 5.74) is 0.286. The number of likely N-dealkylation sites (tertiary alicyclic amines) is 1. The molecular formula is C27H28ClFN6O3. The Morgan fingerprint density at radius 2 is 2.11 bits per heavy atom. The van der Waals surface area contributed by atoms with Gasteiger partial charge in [-0.2, -0.15) is 9.97 Å². The summed E-state index contributed by atoms with van der Waals surface area (Å²) in [5, 5.41) is 11.1. The minimum Gasteiger partial charge on any atom is -0.507 e. The molecule has 6 rings (SSSR count). The highest BCUT2D eigenvalue weighted by Gasteiger charge is 2.51. The molecule has 9 nitrogen and oxygen atoms in total. The Labute approximate surface area is 224 Å². The number of phenolic OH excluding ortho intramolecular Hbond substituents is 1. The molecule has 0 radical (unpaired) electrons. The lowest BCUT2D eigenvalue weighted by molar-refractivity contribution is -0.126. The van der Waals surface area contributed by atoms with E-state index in [9.17, 15) is 14.3 Å². The van der Waals surface area contributed by atoms with Gasteiger partial charge < -0.3 is 24.5 Å². The molecule has 3 atom stereocenters. The fourth-order valence-corrected chi connectivity index (χ4v) is 5.85. The zero-order valence-electron chi connectivity index (χ0n) is 21.0. The number of benzene rings is 1. The molecule has 3 aliphatic rings. The van der Waals surface area contributed by atoms with Gasteiger partial charge in [-0.15, -0.1) is 0 Å². The number of aromatic nitrogens is 3. The zero-order valence-corrected chi connectivity index (χ0v) is 21.7. The first-order chi connectivity index (χ1) is 18.4. The molecule has 1 amide bonds. The van der Waals surface area contributed by atoms with Gasteiger partial charge in [0.25, 0.3) is 0 Å². The topological polar surface area (TPSA) is 94.9 Å². The van der Waals surface area contributed by atoms with E-state index in [1.165, 1.54) is 24.3 Å². The maximum absolute atomic E-state index is 14.7. The van der Waals surface area contributed by atoms with Gasteiger partial charge in [-0.1, -0.05) is 24.2 Å². The van der Waals surface area contributed by atoms with Crippen molar-refractivity contribution >= 4 is 34.4 Å². The highest BCUT2D eigenvalue weighted by molar-refractivity contribution is 6.34. The van der Waals surface area contributed by atoms with Gasteiger partial charge in [0.2, 0.25) is 5.91 Å². The lowest BCUT2D eigenvalue weighted by atomic mass is 10.1. The summed E-state index contributed by atoms with van der Waals surface area (Å²) >= 11 is 6.61. The van der Waals surface area contributed by atoms with E-state index in [4.69, 9.17) is 21.3 Å². The molecule has 0 spiro atoms. The number of pyridine rings is 1. The number of phenols is 1. The summed E-state index contributed by atoms with van der Waals surface area (Å²) in [4.78, 5) is 32.5. The lowest BCUT2D eigenvalue weighted by Gasteiger charge is -2.35. The summed E-state index contributed by atoms with van der Waals surface area (Å²) in [5.74, 6) is -0.370. The third-order valence-electron chi connectivity index (χ3n) is 7.74. The van der Waals surface area contributed by atoms with Crippen LogP contribution in [0.3, 0.4) is 0 Å². The summed E-state index contributed by atoms with van der Waals surface area (Å²) < 4.78 is 20.8. The van der Waals surface area contributed by atoms with E-state index in [2.05, 4.69) is 33.4 Å². The van der Waals surface area contributed by atoms with Crippen molar-refractivity contribution < 1.29 is 19.0 Å². The first kappa shape index (κ1) is 24.8. The number of halogens is 2. The number of rotatable bonds is 6. The van der Waals surface area contributed by atoms with E-state index < -0.39 is 5.82 Å². The van der Waals surface area contributed by atoms with Crippen molar-refractivity contribution in [2.24, 2.45) is 0 Å². The molecule has 4 heterocycles. The van der Waals surface area contributed by atoms with E-state index in [1.807, 2.05) is 4.90 Å². The Bertz CT molecular complexity index is 1420. The number of hydrogen-bond donors (Lipinski definition) is 1. The van der Waals surface area contributed by atoms with Crippen LogP contribution in [0.25, 0.3) is 22.3 Å². The van der Waals surface area contributed by atoms with Gasteiger partial charge in [-0.05, 0) is 57.1 Å². The maximum Gasteiger partial charge on any atom is 0.320 e. The predicted octanol–water partition coefficient (Wildman–Crippen LogP) is 3.64. The van der Waals surface area contributed by atoms with Crippen molar-refractivity contribution in [3.8, 4) is 23.0 Å². The molecule has 3 aromatic rings. The molecule has 2 aliphatic heterocycles. The third kappa shape index (κ3) is 4.31. The second-order valence-electron chi connectivity index (χ2n) is 10.0. The molecular weight excluding hydrogens is 511 g/mol. The summed E-state index contributed by atoms with van der Waals surface area (Å²) in [6.07, 6.45) is 4.31. The largest absolute Gasteiger partial charge is 0.507 e. The summed E-state index contributed by atoms with van der Waals surface area (Å²) in [6, 6.07) is 6.31. The van der Waals surface area contributed by atoms with Gasteiger partial charge in [-0.25, -0.2) is 9.37 Å². The monoisotopic (exact) mass is 538 g/mol. The number of fused-ring (bicyclic) bond motifs is 2.